The molecule has 0 aliphatic carbocycles. The summed E-state index contributed by atoms with van der Waals surface area (Å²) in [4.78, 5) is 0. The standard InChI is InChI=1S/C21H19BrClF4NO2/c1-19(2,14-7-15(22)17(24)8-18(14)30-3)11-20(29,21(25,26)27)9-13-5-4-12(10-28)6-16(13)23/h4-8,29H,9,11H2,1-3H3. The van der Waals surface area contributed by atoms with Gasteiger partial charge in [-0.25, -0.2) is 4.39 Å². The first-order valence-corrected chi connectivity index (χ1v) is 9.92. The van der Waals surface area contributed by atoms with E-state index in [0.29, 0.717) is 5.56 Å². The molecule has 0 radical (unpaired) electrons. The molecule has 162 valence electrons. The van der Waals surface area contributed by atoms with Gasteiger partial charge < -0.3 is 9.84 Å². The van der Waals surface area contributed by atoms with Gasteiger partial charge in [0.25, 0.3) is 0 Å². The molecule has 0 aliphatic rings. The molecule has 3 nitrogen and oxygen atoms in total. The predicted octanol–water partition coefficient (Wildman–Crippen LogP) is 6.33. The van der Waals surface area contributed by atoms with Gasteiger partial charge in [-0.05, 0) is 51.5 Å². The monoisotopic (exact) mass is 507 g/mol. The summed E-state index contributed by atoms with van der Waals surface area (Å²) in [6, 6.07) is 8.15. The molecule has 30 heavy (non-hydrogen) atoms. The van der Waals surface area contributed by atoms with Crippen LogP contribution in [0.2, 0.25) is 5.02 Å². The lowest BCUT2D eigenvalue weighted by molar-refractivity contribution is -0.266. The van der Waals surface area contributed by atoms with Gasteiger partial charge in [-0.3, -0.25) is 0 Å². The molecule has 0 heterocycles. The Kier molecular flexibility index (Phi) is 7.12. The zero-order valence-electron chi connectivity index (χ0n) is 16.4. The minimum atomic E-state index is -4.98. The van der Waals surface area contributed by atoms with Crippen LogP contribution in [0.4, 0.5) is 17.6 Å². The SMILES string of the molecule is COc1cc(F)c(Br)cc1C(C)(C)CC(O)(Cc1ccc(C#N)cc1Cl)C(F)(F)F. The first-order valence-electron chi connectivity index (χ1n) is 8.75. The Balaban J connectivity index is 2.50. The summed E-state index contributed by atoms with van der Waals surface area (Å²) in [6.07, 6.45) is -6.53. The highest BCUT2D eigenvalue weighted by atomic mass is 79.9. The van der Waals surface area contributed by atoms with Gasteiger partial charge in [0.05, 0.1) is 23.2 Å². The van der Waals surface area contributed by atoms with Crippen LogP contribution in [0.25, 0.3) is 0 Å². The van der Waals surface area contributed by atoms with Crippen molar-refractivity contribution in [1.82, 2.24) is 0 Å². The molecule has 0 spiro atoms. The number of nitriles is 1. The highest BCUT2D eigenvalue weighted by molar-refractivity contribution is 9.10. The topological polar surface area (TPSA) is 53.2 Å². The maximum atomic E-state index is 14.0. The molecule has 1 unspecified atom stereocenters. The van der Waals surface area contributed by atoms with Gasteiger partial charge in [0.15, 0.2) is 5.60 Å². The molecule has 0 saturated carbocycles. The number of benzene rings is 2. The molecule has 0 aromatic heterocycles. The summed E-state index contributed by atoms with van der Waals surface area (Å²) in [7, 11) is 1.29. The average Bonchev–Trinajstić information content (AvgIpc) is 2.63. The summed E-state index contributed by atoms with van der Waals surface area (Å²) >= 11 is 9.08. The molecule has 1 N–H and O–H groups in total. The molecule has 0 aliphatic heterocycles. The Bertz CT molecular complexity index is 988. The number of rotatable bonds is 6. The van der Waals surface area contributed by atoms with Gasteiger partial charge in [0.1, 0.15) is 11.6 Å². The van der Waals surface area contributed by atoms with Crippen molar-refractivity contribution in [2.45, 2.75) is 43.9 Å². The fourth-order valence-corrected chi connectivity index (χ4v) is 3.98. The van der Waals surface area contributed by atoms with Crippen molar-refractivity contribution >= 4 is 27.5 Å². The molecule has 9 heteroatoms. The lowest BCUT2D eigenvalue weighted by Crippen LogP contribution is -2.51. The zero-order valence-corrected chi connectivity index (χ0v) is 18.7. The summed E-state index contributed by atoms with van der Waals surface area (Å²) in [5.41, 5.74) is -3.85. The number of nitrogens with zero attached hydrogens (tertiary/aromatic N) is 1. The molecule has 0 fully saturated rings. The van der Waals surface area contributed by atoms with Gasteiger partial charge in [0.2, 0.25) is 0 Å². The fraction of sp³-hybridized carbons (Fsp3) is 0.381. The lowest BCUT2D eigenvalue weighted by Gasteiger charge is -2.38. The summed E-state index contributed by atoms with van der Waals surface area (Å²) in [5, 5.41) is 19.6. The van der Waals surface area contributed by atoms with E-state index in [1.807, 2.05) is 6.07 Å². The van der Waals surface area contributed by atoms with Crippen LogP contribution in [-0.2, 0) is 11.8 Å². The number of alkyl halides is 3. The number of methoxy groups -OCH3 is 1. The number of hydrogen-bond acceptors (Lipinski definition) is 3. The van der Waals surface area contributed by atoms with Crippen molar-refractivity contribution < 1.29 is 27.4 Å². The second-order valence-corrected chi connectivity index (χ2v) is 8.91. The first-order chi connectivity index (χ1) is 13.7. The van der Waals surface area contributed by atoms with Crippen LogP contribution in [0.5, 0.6) is 5.75 Å². The Morgan fingerprint density at radius 1 is 1.20 bits per heavy atom. The van der Waals surface area contributed by atoms with Crippen LogP contribution in [0.15, 0.2) is 34.8 Å². The van der Waals surface area contributed by atoms with Crippen molar-refractivity contribution in [3.63, 3.8) is 0 Å². The smallest absolute Gasteiger partial charge is 0.417 e. The van der Waals surface area contributed by atoms with E-state index in [0.717, 1.165) is 6.07 Å². The minimum absolute atomic E-state index is 0.0448. The second-order valence-electron chi connectivity index (χ2n) is 7.65. The highest BCUT2D eigenvalue weighted by Gasteiger charge is 2.56. The number of ether oxygens (including phenoxy) is 1. The van der Waals surface area contributed by atoms with Crippen molar-refractivity contribution in [3.05, 3.63) is 62.3 Å². The fourth-order valence-electron chi connectivity index (χ4n) is 3.39. The average molecular weight is 509 g/mol. The Hall–Kier alpha value is -1.82. The van der Waals surface area contributed by atoms with E-state index in [2.05, 4.69) is 15.9 Å². The van der Waals surface area contributed by atoms with Gasteiger partial charge >= 0.3 is 6.18 Å². The van der Waals surface area contributed by atoms with E-state index in [9.17, 15) is 22.7 Å². The summed E-state index contributed by atoms with van der Waals surface area (Å²) < 4.78 is 61.1. The summed E-state index contributed by atoms with van der Waals surface area (Å²) in [6.45, 7) is 3.01. The third kappa shape index (κ3) is 5.08. The van der Waals surface area contributed by atoms with Crippen molar-refractivity contribution in [2.75, 3.05) is 7.11 Å². The quantitative estimate of drug-likeness (QED) is 0.464. The molecule has 1 atom stereocenters. The molecule has 2 aromatic rings. The molecule has 0 bridgehead atoms. The van der Waals surface area contributed by atoms with Crippen LogP contribution in [0.3, 0.4) is 0 Å². The molecular formula is C21H19BrClF4NO2. The van der Waals surface area contributed by atoms with Crippen LogP contribution in [0.1, 0.15) is 37.0 Å². The molecular weight excluding hydrogens is 490 g/mol. The normalized spacial score (nSPS) is 14.2. The van der Waals surface area contributed by atoms with Gasteiger partial charge in [-0.2, -0.15) is 18.4 Å². The molecule has 0 amide bonds. The van der Waals surface area contributed by atoms with Crippen molar-refractivity contribution in [1.29, 1.82) is 5.26 Å². The number of hydrogen-bond donors (Lipinski definition) is 1. The lowest BCUT2D eigenvalue weighted by atomic mass is 9.72. The van der Waals surface area contributed by atoms with Crippen molar-refractivity contribution in [3.8, 4) is 11.8 Å². The highest BCUT2D eigenvalue weighted by Crippen LogP contribution is 2.46. The van der Waals surface area contributed by atoms with Crippen LogP contribution in [-0.4, -0.2) is 24.0 Å². The van der Waals surface area contributed by atoms with E-state index in [1.165, 1.54) is 45.2 Å². The Morgan fingerprint density at radius 2 is 1.83 bits per heavy atom. The summed E-state index contributed by atoms with van der Waals surface area (Å²) in [5.74, 6) is -0.552. The molecule has 0 saturated heterocycles. The predicted molar refractivity (Wildman–Crippen MR) is 109 cm³/mol. The second kappa shape index (κ2) is 8.74. The first kappa shape index (κ1) is 24.4. The zero-order chi connectivity index (χ0) is 22.9. The van der Waals surface area contributed by atoms with Gasteiger partial charge in [0, 0.05) is 23.1 Å². The Labute approximate surface area is 185 Å². The molecule has 2 rings (SSSR count). The van der Waals surface area contributed by atoms with E-state index >= 15 is 0 Å². The largest absolute Gasteiger partial charge is 0.496 e. The van der Waals surface area contributed by atoms with E-state index in [1.54, 1.807) is 0 Å². The van der Waals surface area contributed by atoms with Gasteiger partial charge in [-0.1, -0.05) is 31.5 Å². The number of aliphatic hydroxyl groups is 1. The van der Waals surface area contributed by atoms with Crippen LogP contribution in [0, 0.1) is 17.1 Å². The maximum absolute atomic E-state index is 14.0. The van der Waals surface area contributed by atoms with Crippen LogP contribution >= 0.6 is 27.5 Å². The minimum Gasteiger partial charge on any atom is -0.496 e. The van der Waals surface area contributed by atoms with Crippen LogP contribution < -0.4 is 4.74 Å². The maximum Gasteiger partial charge on any atom is 0.417 e. The third-order valence-corrected chi connectivity index (χ3v) is 5.86. The van der Waals surface area contributed by atoms with E-state index in [4.69, 9.17) is 21.6 Å². The van der Waals surface area contributed by atoms with Gasteiger partial charge in [-0.15, -0.1) is 0 Å². The van der Waals surface area contributed by atoms with E-state index in [-0.39, 0.29) is 26.4 Å². The number of halogens is 6. The van der Waals surface area contributed by atoms with Crippen molar-refractivity contribution in [2.24, 2.45) is 0 Å². The Morgan fingerprint density at radius 3 is 2.33 bits per heavy atom. The third-order valence-electron chi connectivity index (χ3n) is 4.90. The molecule has 2 aromatic carbocycles. The van der Waals surface area contributed by atoms with E-state index < -0.39 is 35.9 Å².